The summed E-state index contributed by atoms with van der Waals surface area (Å²) in [5, 5.41) is 7.86. The van der Waals surface area contributed by atoms with Crippen LogP contribution in [0, 0.1) is 0 Å². The van der Waals surface area contributed by atoms with Crippen LogP contribution in [-0.4, -0.2) is 35.4 Å². The van der Waals surface area contributed by atoms with Gasteiger partial charge in [-0.05, 0) is 47.9 Å². The Labute approximate surface area is 196 Å². The zero-order valence-corrected chi connectivity index (χ0v) is 18.9. The van der Waals surface area contributed by atoms with E-state index in [9.17, 15) is 13.2 Å². The molecule has 0 saturated heterocycles. The number of sulfonamides is 1. The fourth-order valence-electron chi connectivity index (χ4n) is 3.83. The maximum atomic E-state index is 13.2. The van der Waals surface area contributed by atoms with E-state index in [-0.39, 0.29) is 23.0 Å². The van der Waals surface area contributed by atoms with E-state index in [4.69, 9.17) is 9.15 Å². The molecule has 0 unspecified atom stereocenters. The van der Waals surface area contributed by atoms with Gasteiger partial charge in [-0.3, -0.25) is 0 Å². The average Bonchev–Trinajstić information content (AvgIpc) is 3.37. The molecule has 0 saturated carbocycles. The number of hydrogen-bond donors (Lipinski definition) is 0. The maximum absolute atomic E-state index is 13.2. The minimum atomic E-state index is -3.77. The zero-order valence-electron chi connectivity index (χ0n) is 18.1. The molecule has 34 heavy (non-hydrogen) atoms. The highest BCUT2D eigenvalue weighted by Crippen LogP contribution is 2.25. The van der Waals surface area contributed by atoms with E-state index >= 15 is 0 Å². The number of fused-ring (bicyclic) bond motifs is 1. The highest BCUT2D eigenvalue weighted by molar-refractivity contribution is 7.89. The average molecular weight is 476 g/mol. The number of ether oxygens (including phenoxy) is 1. The molecule has 5 rings (SSSR count). The molecule has 0 amide bonds. The molecule has 4 aromatic rings. The molecule has 1 aliphatic rings. The molecular weight excluding hydrogens is 454 g/mol. The van der Waals surface area contributed by atoms with Crippen LogP contribution >= 0.6 is 0 Å². The second kappa shape index (κ2) is 9.20. The summed E-state index contributed by atoms with van der Waals surface area (Å²) >= 11 is 0. The van der Waals surface area contributed by atoms with Crippen molar-refractivity contribution >= 4 is 16.0 Å². The normalized spacial score (nSPS) is 13.9. The molecule has 1 aliphatic heterocycles. The number of esters is 1. The smallest absolute Gasteiger partial charge is 0.338 e. The lowest BCUT2D eigenvalue weighted by molar-refractivity contribution is 0.0438. The Morgan fingerprint density at radius 1 is 0.941 bits per heavy atom. The minimum Gasteiger partial charge on any atom is -0.452 e. The third-order valence-corrected chi connectivity index (χ3v) is 7.46. The number of carbonyl (C=O) groups excluding carboxylic acids is 1. The van der Waals surface area contributed by atoms with Crippen LogP contribution in [0.25, 0.3) is 11.5 Å². The lowest BCUT2D eigenvalue weighted by Gasteiger charge is -2.28. The van der Waals surface area contributed by atoms with Crippen molar-refractivity contribution in [1.29, 1.82) is 0 Å². The van der Waals surface area contributed by atoms with Gasteiger partial charge in [0.25, 0.3) is 5.89 Å². The van der Waals surface area contributed by atoms with Crippen molar-refractivity contribution in [3.63, 3.8) is 0 Å². The van der Waals surface area contributed by atoms with Crippen LogP contribution in [0.15, 0.2) is 88.2 Å². The van der Waals surface area contributed by atoms with E-state index in [0.29, 0.717) is 25.4 Å². The molecule has 0 fully saturated rings. The molecule has 3 aromatic carbocycles. The predicted molar refractivity (Wildman–Crippen MR) is 123 cm³/mol. The summed E-state index contributed by atoms with van der Waals surface area (Å²) < 4.78 is 38.7. The summed E-state index contributed by atoms with van der Waals surface area (Å²) in [5.41, 5.74) is 3.03. The van der Waals surface area contributed by atoms with Crippen LogP contribution in [0.2, 0.25) is 0 Å². The van der Waals surface area contributed by atoms with Gasteiger partial charge in [-0.15, -0.1) is 10.2 Å². The van der Waals surface area contributed by atoms with Crippen LogP contribution in [0.5, 0.6) is 0 Å². The lowest BCUT2D eigenvalue weighted by atomic mass is 10.0. The van der Waals surface area contributed by atoms with E-state index in [0.717, 1.165) is 16.7 Å². The largest absolute Gasteiger partial charge is 0.452 e. The van der Waals surface area contributed by atoms with Gasteiger partial charge >= 0.3 is 5.97 Å². The van der Waals surface area contributed by atoms with Crippen molar-refractivity contribution < 1.29 is 22.4 Å². The Morgan fingerprint density at radius 3 is 2.53 bits per heavy atom. The number of aromatic nitrogens is 2. The van der Waals surface area contributed by atoms with Crippen LogP contribution < -0.4 is 0 Å². The van der Waals surface area contributed by atoms with Gasteiger partial charge in [0.05, 0.1) is 10.5 Å². The first kappa shape index (κ1) is 22.0. The lowest BCUT2D eigenvalue weighted by Crippen LogP contribution is -2.36. The summed E-state index contributed by atoms with van der Waals surface area (Å²) in [6.07, 6.45) is 0.645. The molecule has 0 atom stereocenters. The second-order valence-corrected chi connectivity index (χ2v) is 9.77. The summed E-state index contributed by atoms with van der Waals surface area (Å²) in [4.78, 5) is 12.6. The Morgan fingerprint density at radius 2 is 1.71 bits per heavy atom. The highest BCUT2D eigenvalue weighted by Gasteiger charge is 2.28. The van der Waals surface area contributed by atoms with Crippen molar-refractivity contribution in [2.75, 3.05) is 6.54 Å². The van der Waals surface area contributed by atoms with Crippen molar-refractivity contribution in [3.8, 4) is 11.5 Å². The third kappa shape index (κ3) is 4.48. The van der Waals surface area contributed by atoms with Crippen LogP contribution in [0.3, 0.4) is 0 Å². The first-order chi connectivity index (χ1) is 16.5. The van der Waals surface area contributed by atoms with Gasteiger partial charge in [0.15, 0.2) is 6.61 Å². The molecule has 0 radical (unpaired) electrons. The van der Waals surface area contributed by atoms with Gasteiger partial charge in [0.1, 0.15) is 0 Å². The molecule has 0 aliphatic carbocycles. The fraction of sp³-hybridized carbons (Fsp3) is 0.160. The fourth-order valence-corrected chi connectivity index (χ4v) is 5.29. The van der Waals surface area contributed by atoms with Crippen molar-refractivity contribution in [3.05, 3.63) is 101 Å². The van der Waals surface area contributed by atoms with Crippen LogP contribution in [-0.2, 0) is 34.3 Å². The maximum Gasteiger partial charge on any atom is 0.338 e. The Kier molecular flexibility index (Phi) is 5.95. The van der Waals surface area contributed by atoms with E-state index < -0.39 is 16.0 Å². The van der Waals surface area contributed by atoms with Crippen molar-refractivity contribution in [2.24, 2.45) is 0 Å². The van der Waals surface area contributed by atoms with E-state index in [1.54, 1.807) is 0 Å². The highest BCUT2D eigenvalue weighted by atomic mass is 32.2. The second-order valence-electron chi connectivity index (χ2n) is 7.83. The van der Waals surface area contributed by atoms with E-state index in [1.807, 2.05) is 54.6 Å². The van der Waals surface area contributed by atoms with Gasteiger partial charge in [-0.1, -0.05) is 48.5 Å². The molecular formula is C25H21N3O5S. The number of rotatable bonds is 6. The summed E-state index contributed by atoms with van der Waals surface area (Å²) in [6.45, 7) is 0.460. The topological polar surface area (TPSA) is 103 Å². The standard InChI is InChI=1S/C25H21N3O5S/c29-25(32-17-23-26-27-24(33-23)19-8-2-1-3-9-19)20-11-6-12-22(15-20)34(30,31)28-14-13-18-7-4-5-10-21(18)16-28/h1-12,15H,13-14,16-17H2. The summed E-state index contributed by atoms with van der Waals surface area (Å²) in [7, 11) is -3.77. The van der Waals surface area contributed by atoms with E-state index in [2.05, 4.69) is 10.2 Å². The van der Waals surface area contributed by atoms with Gasteiger partial charge < -0.3 is 9.15 Å². The number of carbonyl (C=O) groups is 1. The third-order valence-electron chi connectivity index (χ3n) is 5.62. The molecule has 8 nitrogen and oxygen atoms in total. The summed E-state index contributed by atoms with van der Waals surface area (Å²) in [6, 6.07) is 22.9. The Balaban J connectivity index is 1.27. The molecule has 0 spiro atoms. The molecule has 172 valence electrons. The van der Waals surface area contributed by atoms with Crippen molar-refractivity contribution in [1.82, 2.24) is 14.5 Å². The monoisotopic (exact) mass is 475 g/mol. The number of benzene rings is 3. The van der Waals surface area contributed by atoms with Gasteiger partial charge in [0, 0.05) is 18.7 Å². The molecule has 9 heteroatoms. The van der Waals surface area contributed by atoms with E-state index in [1.165, 1.54) is 28.6 Å². The van der Waals surface area contributed by atoms with Gasteiger partial charge in [0.2, 0.25) is 15.9 Å². The minimum absolute atomic E-state index is 0.0467. The van der Waals surface area contributed by atoms with Crippen LogP contribution in [0.1, 0.15) is 27.4 Å². The van der Waals surface area contributed by atoms with Gasteiger partial charge in [-0.25, -0.2) is 13.2 Å². The quantitative estimate of drug-likeness (QED) is 0.390. The molecule has 2 heterocycles. The van der Waals surface area contributed by atoms with Gasteiger partial charge in [-0.2, -0.15) is 4.31 Å². The Hall–Kier alpha value is -3.82. The summed E-state index contributed by atoms with van der Waals surface area (Å²) in [5.74, 6) is -0.216. The number of hydrogen-bond acceptors (Lipinski definition) is 7. The molecule has 1 aromatic heterocycles. The molecule has 0 N–H and O–H groups in total. The molecule has 0 bridgehead atoms. The number of nitrogens with zero attached hydrogens (tertiary/aromatic N) is 3. The zero-order chi connectivity index (χ0) is 23.5. The van der Waals surface area contributed by atoms with Crippen molar-refractivity contribution in [2.45, 2.75) is 24.5 Å². The van der Waals surface area contributed by atoms with Crippen LogP contribution in [0.4, 0.5) is 0 Å². The first-order valence-electron chi connectivity index (χ1n) is 10.7. The SMILES string of the molecule is O=C(OCc1nnc(-c2ccccc2)o1)c1cccc(S(=O)(=O)N2CCc3ccccc3C2)c1. The Bertz CT molecular complexity index is 1430. The first-order valence-corrected chi connectivity index (χ1v) is 12.2. The predicted octanol–water partition coefficient (Wildman–Crippen LogP) is 3.84.